The lowest BCUT2D eigenvalue weighted by molar-refractivity contribution is -0.113. The van der Waals surface area contributed by atoms with E-state index in [1.54, 1.807) is 0 Å². The fourth-order valence-electron chi connectivity index (χ4n) is 3.22. The summed E-state index contributed by atoms with van der Waals surface area (Å²) in [6.07, 6.45) is 0. The van der Waals surface area contributed by atoms with Gasteiger partial charge >= 0.3 is 0 Å². The summed E-state index contributed by atoms with van der Waals surface area (Å²) in [4.78, 5) is 12.5. The smallest absolute Gasteiger partial charge is 0.234 e. The third kappa shape index (κ3) is 5.03. The van der Waals surface area contributed by atoms with Crippen molar-refractivity contribution >= 4 is 45.7 Å². The van der Waals surface area contributed by atoms with Gasteiger partial charge in [-0.2, -0.15) is 0 Å². The number of ether oxygens (including phenoxy) is 1. The van der Waals surface area contributed by atoms with E-state index in [1.165, 1.54) is 30.0 Å². The maximum Gasteiger partial charge on any atom is 0.234 e. The average Bonchev–Trinajstić information content (AvgIpc) is 3.20. The summed E-state index contributed by atoms with van der Waals surface area (Å²) in [6, 6.07) is 17.9. The molecule has 0 aliphatic carbocycles. The van der Waals surface area contributed by atoms with Crippen molar-refractivity contribution in [2.75, 3.05) is 11.1 Å². The largest absolute Gasteiger partial charge is 0.486 e. The number of thioether (sulfide) groups is 1. The number of amides is 1. The van der Waals surface area contributed by atoms with Crippen molar-refractivity contribution < 1.29 is 13.9 Å². The Bertz CT molecular complexity index is 1260. The van der Waals surface area contributed by atoms with Gasteiger partial charge in [-0.3, -0.25) is 4.79 Å². The second-order valence-corrected chi connectivity index (χ2v) is 8.22. The minimum Gasteiger partial charge on any atom is -0.486 e. The molecule has 3 aromatic carbocycles. The number of rotatable bonds is 8. The molecule has 4 rings (SSSR count). The van der Waals surface area contributed by atoms with E-state index < -0.39 is 5.82 Å². The van der Waals surface area contributed by atoms with Crippen molar-refractivity contribution in [3.05, 3.63) is 77.3 Å². The number of aromatic nitrogens is 3. The first-order valence-corrected chi connectivity index (χ1v) is 11.3. The molecule has 9 heteroatoms. The predicted molar refractivity (Wildman–Crippen MR) is 125 cm³/mol. The standard InChI is InChI=1S/C23H20ClFN4O2S/c1-2-29-21(13-31-16-10-11-19(25)18(24)12-16)27-28-23(29)32-14-22(30)26-20-9-5-7-15-6-3-4-8-17(15)20/h3-12H,2,13-14H2,1H3,(H,26,30). The zero-order valence-corrected chi connectivity index (χ0v) is 18.8. The second kappa shape index (κ2) is 10.0. The minimum absolute atomic E-state index is 0.00656. The van der Waals surface area contributed by atoms with E-state index in [0.717, 1.165) is 16.5 Å². The number of anilines is 1. The highest BCUT2D eigenvalue weighted by atomic mass is 35.5. The van der Waals surface area contributed by atoms with Crippen LogP contribution in [0.2, 0.25) is 5.02 Å². The van der Waals surface area contributed by atoms with Gasteiger partial charge in [0.1, 0.15) is 18.2 Å². The van der Waals surface area contributed by atoms with E-state index in [9.17, 15) is 9.18 Å². The molecule has 1 heterocycles. The highest BCUT2D eigenvalue weighted by Crippen LogP contribution is 2.25. The number of benzene rings is 3. The number of fused-ring (bicyclic) bond motifs is 1. The Labute approximate surface area is 193 Å². The summed E-state index contributed by atoms with van der Waals surface area (Å²) in [6.45, 7) is 2.72. The van der Waals surface area contributed by atoms with Crippen LogP contribution in [0.1, 0.15) is 12.7 Å². The van der Waals surface area contributed by atoms with Crippen LogP contribution in [0.4, 0.5) is 10.1 Å². The van der Waals surface area contributed by atoms with E-state index >= 15 is 0 Å². The summed E-state index contributed by atoms with van der Waals surface area (Å²) in [5.74, 6) is 0.595. The lowest BCUT2D eigenvalue weighted by Crippen LogP contribution is -2.15. The highest BCUT2D eigenvalue weighted by Gasteiger charge is 2.15. The SMILES string of the molecule is CCn1c(COc2ccc(F)c(Cl)c2)nnc1SCC(=O)Nc1cccc2ccccc12. The highest BCUT2D eigenvalue weighted by molar-refractivity contribution is 7.99. The maximum absolute atomic E-state index is 13.3. The number of halogens is 2. The molecule has 6 nitrogen and oxygen atoms in total. The number of hydrogen-bond donors (Lipinski definition) is 1. The van der Waals surface area contributed by atoms with E-state index in [1.807, 2.05) is 54.0 Å². The van der Waals surface area contributed by atoms with Crippen molar-refractivity contribution in [3.63, 3.8) is 0 Å². The van der Waals surface area contributed by atoms with Gasteiger partial charge in [0.2, 0.25) is 5.91 Å². The van der Waals surface area contributed by atoms with Crippen LogP contribution in [0.15, 0.2) is 65.8 Å². The van der Waals surface area contributed by atoms with Crippen LogP contribution in [-0.4, -0.2) is 26.4 Å². The normalized spacial score (nSPS) is 11.0. The molecule has 0 radical (unpaired) electrons. The first kappa shape index (κ1) is 22.1. The molecule has 0 atom stereocenters. The quantitative estimate of drug-likeness (QED) is 0.342. The number of carbonyl (C=O) groups is 1. The van der Waals surface area contributed by atoms with Gasteiger partial charge < -0.3 is 14.6 Å². The summed E-state index contributed by atoms with van der Waals surface area (Å²) >= 11 is 7.09. The number of nitrogens with zero attached hydrogens (tertiary/aromatic N) is 3. The van der Waals surface area contributed by atoms with Crippen molar-refractivity contribution in [2.24, 2.45) is 0 Å². The average molecular weight is 471 g/mol. The lowest BCUT2D eigenvalue weighted by Gasteiger charge is -2.10. The molecule has 0 aliphatic rings. The zero-order valence-electron chi connectivity index (χ0n) is 17.2. The first-order valence-electron chi connectivity index (χ1n) is 9.95. The molecule has 0 unspecified atom stereocenters. The molecular formula is C23H20ClFN4O2S. The molecule has 164 valence electrons. The molecule has 0 spiro atoms. The monoisotopic (exact) mass is 470 g/mol. The second-order valence-electron chi connectivity index (χ2n) is 6.87. The maximum atomic E-state index is 13.3. The molecule has 0 aliphatic heterocycles. The number of nitrogens with one attached hydrogen (secondary N) is 1. The van der Waals surface area contributed by atoms with Crippen molar-refractivity contribution in [1.82, 2.24) is 14.8 Å². The molecule has 0 saturated heterocycles. The van der Waals surface area contributed by atoms with Crippen LogP contribution in [0.5, 0.6) is 5.75 Å². The van der Waals surface area contributed by atoms with E-state index in [2.05, 4.69) is 15.5 Å². The Morgan fingerprint density at radius 1 is 1.16 bits per heavy atom. The van der Waals surface area contributed by atoms with Crippen LogP contribution in [0.25, 0.3) is 10.8 Å². The van der Waals surface area contributed by atoms with E-state index in [4.69, 9.17) is 16.3 Å². The van der Waals surface area contributed by atoms with Crippen molar-refractivity contribution in [3.8, 4) is 5.75 Å². The van der Waals surface area contributed by atoms with Gasteiger partial charge in [0.15, 0.2) is 11.0 Å². The summed E-state index contributed by atoms with van der Waals surface area (Å²) in [7, 11) is 0. The van der Waals surface area contributed by atoms with Crippen molar-refractivity contribution in [1.29, 1.82) is 0 Å². The van der Waals surface area contributed by atoms with Gasteiger partial charge in [-0.15, -0.1) is 10.2 Å². The fourth-order valence-corrected chi connectivity index (χ4v) is 4.21. The number of hydrogen-bond acceptors (Lipinski definition) is 5. The van der Waals surface area contributed by atoms with E-state index in [0.29, 0.717) is 23.3 Å². The van der Waals surface area contributed by atoms with Gasteiger partial charge in [0.25, 0.3) is 0 Å². The Morgan fingerprint density at radius 2 is 1.97 bits per heavy atom. The van der Waals surface area contributed by atoms with Crippen molar-refractivity contribution in [2.45, 2.75) is 25.2 Å². The van der Waals surface area contributed by atoms with Crippen LogP contribution in [0, 0.1) is 5.82 Å². The van der Waals surface area contributed by atoms with Crippen LogP contribution >= 0.6 is 23.4 Å². The molecule has 0 fully saturated rings. The van der Waals surface area contributed by atoms with Gasteiger partial charge in [-0.1, -0.05) is 59.8 Å². The summed E-state index contributed by atoms with van der Waals surface area (Å²) in [5.41, 5.74) is 0.776. The molecule has 1 N–H and O–H groups in total. The Hall–Kier alpha value is -3.10. The summed E-state index contributed by atoms with van der Waals surface area (Å²) < 4.78 is 20.8. The molecule has 0 saturated carbocycles. The lowest BCUT2D eigenvalue weighted by atomic mass is 10.1. The molecule has 32 heavy (non-hydrogen) atoms. The van der Waals surface area contributed by atoms with Gasteiger partial charge in [-0.05, 0) is 30.5 Å². The third-order valence-electron chi connectivity index (χ3n) is 4.76. The summed E-state index contributed by atoms with van der Waals surface area (Å²) in [5, 5.41) is 14.0. The van der Waals surface area contributed by atoms with Gasteiger partial charge in [0.05, 0.1) is 10.8 Å². The van der Waals surface area contributed by atoms with Gasteiger partial charge in [-0.25, -0.2) is 4.39 Å². The fraction of sp³-hybridized carbons (Fsp3) is 0.174. The zero-order chi connectivity index (χ0) is 22.5. The minimum atomic E-state index is -0.504. The molecule has 1 aromatic heterocycles. The molecule has 1 amide bonds. The van der Waals surface area contributed by atoms with Crippen LogP contribution < -0.4 is 10.1 Å². The number of carbonyl (C=O) groups excluding carboxylic acids is 1. The first-order chi connectivity index (χ1) is 15.5. The third-order valence-corrected chi connectivity index (χ3v) is 6.02. The Morgan fingerprint density at radius 3 is 2.78 bits per heavy atom. The Kier molecular flexibility index (Phi) is 6.92. The predicted octanol–water partition coefficient (Wildman–Crippen LogP) is 5.55. The van der Waals surface area contributed by atoms with Gasteiger partial charge in [0, 0.05) is 23.7 Å². The van der Waals surface area contributed by atoms with Crippen LogP contribution in [-0.2, 0) is 17.9 Å². The topological polar surface area (TPSA) is 69.0 Å². The van der Waals surface area contributed by atoms with E-state index in [-0.39, 0.29) is 23.3 Å². The van der Waals surface area contributed by atoms with Crippen LogP contribution in [0.3, 0.4) is 0 Å². The molecule has 4 aromatic rings. The molecular weight excluding hydrogens is 451 g/mol. The molecule has 0 bridgehead atoms. The Balaban J connectivity index is 1.38.